The van der Waals surface area contributed by atoms with Gasteiger partial charge >= 0.3 is 6.61 Å². The second-order valence-corrected chi connectivity index (χ2v) is 5.47. The maximum absolute atomic E-state index is 12.5. The van der Waals surface area contributed by atoms with E-state index in [0.29, 0.717) is 31.2 Å². The zero-order valence-corrected chi connectivity index (χ0v) is 14.6. The first kappa shape index (κ1) is 18.8. The first-order chi connectivity index (χ1) is 12.0. The molecule has 5 nitrogen and oxygen atoms in total. The van der Waals surface area contributed by atoms with Gasteiger partial charge in [-0.25, -0.2) is 4.99 Å². The predicted molar refractivity (Wildman–Crippen MR) is 92.9 cm³/mol. The molecular weight excluding hydrogens is 328 g/mol. The molecule has 1 heterocycles. The summed E-state index contributed by atoms with van der Waals surface area (Å²) in [7, 11) is 0. The number of hydrogen-bond donors (Lipinski definition) is 2. The number of nitrogens with zero attached hydrogens (tertiary/aromatic N) is 1. The van der Waals surface area contributed by atoms with Gasteiger partial charge in [0.2, 0.25) is 0 Å². The second-order valence-electron chi connectivity index (χ2n) is 5.47. The van der Waals surface area contributed by atoms with Crippen LogP contribution in [0.25, 0.3) is 0 Å². The lowest BCUT2D eigenvalue weighted by molar-refractivity contribution is -0.0504. The van der Waals surface area contributed by atoms with Gasteiger partial charge in [0.25, 0.3) is 0 Å². The van der Waals surface area contributed by atoms with E-state index in [1.807, 2.05) is 26.8 Å². The van der Waals surface area contributed by atoms with Crippen LogP contribution >= 0.6 is 0 Å². The van der Waals surface area contributed by atoms with Crippen molar-refractivity contribution in [3.8, 4) is 5.75 Å². The Hall–Kier alpha value is -2.57. The molecule has 1 aromatic carbocycles. The van der Waals surface area contributed by atoms with Crippen LogP contribution in [0.5, 0.6) is 5.75 Å². The van der Waals surface area contributed by atoms with Crippen molar-refractivity contribution in [3.63, 3.8) is 0 Å². The number of nitrogens with one attached hydrogen (secondary N) is 2. The van der Waals surface area contributed by atoms with Crippen LogP contribution in [0.4, 0.5) is 8.78 Å². The first-order valence-corrected chi connectivity index (χ1v) is 8.10. The van der Waals surface area contributed by atoms with Crippen LogP contribution in [-0.4, -0.2) is 19.1 Å². The highest BCUT2D eigenvalue weighted by atomic mass is 19.3. The Morgan fingerprint density at radius 2 is 1.96 bits per heavy atom. The van der Waals surface area contributed by atoms with Crippen molar-refractivity contribution in [3.05, 3.63) is 53.0 Å². The highest BCUT2D eigenvalue weighted by Crippen LogP contribution is 2.20. The van der Waals surface area contributed by atoms with Crippen LogP contribution in [0.15, 0.2) is 39.7 Å². The molecule has 0 saturated carbocycles. The van der Waals surface area contributed by atoms with Crippen molar-refractivity contribution in [1.29, 1.82) is 0 Å². The fourth-order valence-electron chi connectivity index (χ4n) is 2.39. The molecule has 0 unspecified atom stereocenters. The molecule has 0 aliphatic rings. The van der Waals surface area contributed by atoms with E-state index in [1.165, 1.54) is 6.07 Å². The summed E-state index contributed by atoms with van der Waals surface area (Å²) >= 11 is 0. The molecule has 2 rings (SSSR count). The van der Waals surface area contributed by atoms with Gasteiger partial charge in [0.1, 0.15) is 17.3 Å². The molecule has 0 radical (unpaired) electrons. The van der Waals surface area contributed by atoms with E-state index in [1.54, 1.807) is 18.2 Å². The van der Waals surface area contributed by atoms with Crippen LogP contribution in [0, 0.1) is 13.8 Å². The third-order valence-electron chi connectivity index (χ3n) is 3.53. The molecule has 1 aromatic heterocycles. The number of furan rings is 1. The number of ether oxygens (including phenoxy) is 1. The van der Waals surface area contributed by atoms with Crippen LogP contribution in [0.3, 0.4) is 0 Å². The number of aryl methyl sites for hydroxylation is 2. The van der Waals surface area contributed by atoms with E-state index in [0.717, 1.165) is 17.1 Å². The van der Waals surface area contributed by atoms with Crippen molar-refractivity contribution in [1.82, 2.24) is 10.6 Å². The van der Waals surface area contributed by atoms with Crippen molar-refractivity contribution in [2.45, 2.75) is 40.5 Å². The van der Waals surface area contributed by atoms with Gasteiger partial charge in [0.15, 0.2) is 5.96 Å². The van der Waals surface area contributed by atoms with E-state index < -0.39 is 6.61 Å². The molecule has 0 spiro atoms. The van der Waals surface area contributed by atoms with Crippen molar-refractivity contribution in [2.24, 2.45) is 4.99 Å². The van der Waals surface area contributed by atoms with E-state index in [2.05, 4.69) is 20.4 Å². The van der Waals surface area contributed by atoms with E-state index in [9.17, 15) is 8.78 Å². The maximum Gasteiger partial charge on any atom is 0.387 e. The summed E-state index contributed by atoms with van der Waals surface area (Å²) in [5.74, 6) is 2.43. The molecule has 0 aliphatic heterocycles. The molecule has 2 aromatic rings. The smallest absolute Gasteiger partial charge is 0.387 e. The topological polar surface area (TPSA) is 58.8 Å². The highest BCUT2D eigenvalue weighted by Gasteiger charge is 2.10. The molecule has 0 aliphatic carbocycles. The van der Waals surface area contributed by atoms with Crippen LogP contribution in [-0.2, 0) is 13.1 Å². The third kappa shape index (κ3) is 5.77. The lowest BCUT2D eigenvalue weighted by Gasteiger charge is -2.14. The normalized spacial score (nSPS) is 11.7. The van der Waals surface area contributed by atoms with Crippen molar-refractivity contribution < 1.29 is 17.9 Å². The van der Waals surface area contributed by atoms with Gasteiger partial charge in [-0.3, -0.25) is 0 Å². The Balaban J connectivity index is 2.04. The lowest BCUT2D eigenvalue weighted by Crippen LogP contribution is -2.36. The van der Waals surface area contributed by atoms with Gasteiger partial charge in [0, 0.05) is 24.2 Å². The van der Waals surface area contributed by atoms with Crippen LogP contribution in [0.1, 0.15) is 29.6 Å². The SMILES string of the molecule is CCNC(=NCc1cc(C)oc1C)NCc1ccccc1OC(F)F. The van der Waals surface area contributed by atoms with E-state index >= 15 is 0 Å². The van der Waals surface area contributed by atoms with Gasteiger partial charge < -0.3 is 19.8 Å². The summed E-state index contributed by atoms with van der Waals surface area (Å²) in [5, 5.41) is 6.26. The summed E-state index contributed by atoms with van der Waals surface area (Å²) < 4.78 is 35.0. The zero-order chi connectivity index (χ0) is 18.2. The number of para-hydroxylation sites is 1. The Bertz CT molecular complexity index is 714. The standard InChI is InChI=1S/C18H23F2N3O2/c1-4-21-18(23-11-15-9-12(2)24-13(15)3)22-10-14-7-5-6-8-16(14)25-17(19)20/h5-9,17H,4,10-11H2,1-3H3,(H2,21,22,23). The van der Waals surface area contributed by atoms with Gasteiger partial charge in [-0.2, -0.15) is 8.78 Å². The summed E-state index contributed by atoms with van der Waals surface area (Å²) in [4.78, 5) is 4.51. The number of rotatable bonds is 7. The predicted octanol–water partition coefficient (Wildman–Crippen LogP) is 3.75. The fraction of sp³-hybridized carbons (Fsp3) is 0.389. The molecule has 0 fully saturated rings. The van der Waals surface area contributed by atoms with Crippen molar-refractivity contribution in [2.75, 3.05) is 6.54 Å². The Kier molecular flexibility index (Phi) is 6.80. The number of halogens is 2. The average Bonchev–Trinajstić information content (AvgIpc) is 2.88. The zero-order valence-electron chi connectivity index (χ0n) is 14.6. The molecule has 0 bridgehead atoms. The van der Waals surface area contributed by atoms with Gasteiger partial charge in [-0.1, -0.05) is 18.2 Å². The number of benzene rings is 1. The molecular formula is C18H23F2N3O2. The molecule has 136 valence electrons. The minimum absolute atomic E-state index is 0.155. The monoisotopic (exact) mass is 351 g/mol. The van der Waals surface area contributed by atoms with Crippen molar-refractivity contribution >= 4 is 5.96 Å². The van der Waals surface area contributed by atoms with E-state index in [4.69, 9.17) is 4.42 Å². The number of hydrogen-bond acceptors (Lipinski definition) is 3. The molecule has 2 N–H and O–H groups in total. The number of alkyl halides is 2. The quantitative estimate of drug-likeness (QED) is 0.589. The summed E-state index contributed by atoms with van der Waals surface area (Å²) in [6, 6.07) is 8.64. The van der Waals surface area contributed by atoms with Gasteiger partial charge in [-0.15, -0.1) is 0 Å². The Labute approximate surface area is 146 Å². The molecule has 0 saturated heterocycles. The second kappa shape index (κ2) is 9.05. The highest BCUT2D eigenvalue weighted by molar-refractivity contribution is 5.79. The Morgan fingerprint density at radius 1 is 1.20 bits per heavy atom. The molecule has 25 heavy (non-hydrogen) atoms. The van der Waals surface area contributed by atoms with Gasteiger partial charge in [0.05, 0.1) is 6.54 Å². The van der Waals surface area contributed by atoms with Crippen LogP contribution in [0.2, 0.25) is 0 Å². The number of aliphatic imine (C=N–C) groups is 1. The summed E-state index contributed by atoms with van der Waals surface area (Å²) in [6.07, 6.45) is 0. The fourth-order valence-corrected chi connectivity index (χ4v) is 2.39. The maximum atomic E-state index is 12.5. The molecule has 0 amide bonds. The summed E-state index contributed by atoms with van der Waals surface area (Å²) in [5.41, 5.74) is 1.64. The first-order valence-electron chi connectivity index (χ1n) is 8.10. The molecule has 7 heteroatoms. The van der Waals surface area contributed by atoms with Crippen LogP contribution < -0.4 is 15.4 Å². The Morgan fingerprint density at radius 3 is 2.60 bits per heavy atom. The van der Waals surface area contributed by atoms with Gasteiger partial charge in [-0.05, 0) is 32.9 Å². The minimum Gasteiger partial charge on any atom is -0.466 e. The number of guanidine groups is 1. The lowest BCUT2D eigenvalue weighted by atomic mass is 10.2. The molecule has 0 atom stereocenters. The summed E-state index contributed by atoms with van der Waals surface area (Å²) in [6.45, 7) is 4.37. The van der Waals surface area contributed by atoms with E-state index in [-0.39, 0.29) is 5.75 Å². The third-order valence-corrected chi connectivity index (χ3v) is 3.53. The average molecular weight is 351 g/mol. The minimum atomic E-state index is -2.85. The largest absolute Gasteiger partial charge is 0.466 e.